The Morgan fingerprint density at radius 2 is 1.90 bits per heavy atom. The van der Waals surface area contributed by atoms with Crippen molar-refractivity contribution in [1.29, 1.82) is 0 Å². The van der Waals surface area contributed by atoms with Crippen LogP contribution in [-0.2, 0) is 16.1 Å². The number of rotatable bonds is 4. The van der Waals surface area contributed by atoms with Gasteiger partial charge in [0.2, 0.25) is 5.91 Å². The lowest BCUT2D eigenvalue weighted by molar-refractivity contribution is -0.142. The molecule has 0 bridgehead atoms. The number of piperazine rings is 1. The van der Waals surface area contributed by atoms with Gasteiger partial charge in [0.05, 0.1) is 6.42 Å². The van der Waals surface area contributed by atoms with Crippen LogP contribution >= 0.6 is 0 Å². The van der Waals surface area contributed by atoms with E-state index in [9.17, 15) is 9.59 Å². The van der Waals surface area contributed by atoms with Gasteiger partial charge in [0.1, 0.15) is 0 Å². The molecule has 2 rings (SSSR count). The molecule has 1 heterocycles. The lowest BCUT2D eigenvalue weighted by Gasteiger charge is -2.45. The van der Waals surface area contributed by atoms with Crippen LogP contribution in [0.4, 0.5) is 0 Å². The normalized spacial score (nSPS) is 23.0. The van der Waals surface area contributed by atoms with Crippen molar-refractivity contribution in [2.75, 3.05) is 13.1 Å². The molecule has 114 valence electrons. The highest BCUT2D eigenvalue weighted by Gasteiger charge is 2.34. The number of carbonyl (C=O) groups excluding carboxylic acids is 1. The van der Waals surface area contributed by atoms with Gasteiger partial charge in [0.15, 0.2) is 0 Å². The summed E-state index contributed by atoms with van der Waals surface area (Å²) in [6.45, 7) is 5.44. The summed E-state index contributed by atoms with van der Waals surface area (Å²) in [5, 5.41) is 9.13. The largest absolute Gasteiger partial charge is 0.481 e. The minimum Gasteiger partial charge on any atom is -0.481 e. The van der Waals surface area contributed by atoms with Crippen molar-refractivity contribution >= 4 is 11.9 Å². The fraction of sp³-hybridized carbons (Fsp3) is 0.500. The zero-order valence-corrected chi connectivity index (χ0v) is 12.5. The summed E-state index contributed by atoms with van der Waals surface area (Å²) in [6.07, 6.45) is 0.0565. The van der Waals surface area contributed by atoms with Gasteiger partial charge in [-0.1, -0.05) is 30.3 Å². The van der Waals surface area contributed by atoms with Gasteiger partial charge in [-0.05, 0) is 12.5 Å². The molecule has 0 unspecified atom stereocenters. The first-order valence-electron chi connectivity index (χ1n) is 7.24. The van der Waals surface area contributed by atoms with Crippen molar-refractivity contribution in [3.8, 4) is 0 Å². The molecule has 0 aliphatic carbocycles. The van der Waals surface area contributed by atoms with E-state index in [1.807, 2.05) is 37.3 Å². The summed E-state index contributed by atoms with van der Waals surface area (Å²) in [6, 6.07) is 10.0. The lowest BCUT2D eigenvalue weighted by atomic mass is 10.0. The first kappa shape index (κ1) is 15.5. The minimum absolute atomic E-state index is 0.0107. The molecule has 0 radical (unpaired) electrons. The van der Waals surface area contributed by atoms with E-state index in [1.54, 1.807) is 4.90 Å². The Kier molecular flexibility index (Phi) is 4.96. The molecule has 5 nitrogen and oxygen atoms in total. The third kappa shape index (κ3) is 4.04. The number of nitrogens with zero attached hydrogens (tertiary/aromatic N) is 2. The van der Waals surface area contributed by atoms with Crippen LogP contribution < -0.4 is 0 Å². The predicted molar refractivity (Wildman–Crippen MR) is 79.7 cm³/mol. The maximum absolute atomic E-state index is 11.6. The fourth-order valence-electron chi connectivity index (χ4n) is 2.94. The Bertz CT molecular complexity index is 504. The van der Waals surface area contributed by atoms with Crippen LogP contribution in [0.5, 0.6) is 0 Å². The molecule has 1 N–H and O–H groups in total. The number of aliphatic carboxylic acids is 1. The predicted octanol–water partition coefficient (Wildman–Crippen LogP) is 1.58. The Labute approximate surface area is 125 Å². The first-order chi connectivity index (χ1) is 9.97. The van der Waals surface area contributed by atoms with Gasteiger partial charge in [-0.15, -0.1) is 0 Å². The molecule has 21 heavy (non-hydrogen) atoms. The van der Waals surface area contributed by atoms with Crippen LogP contribution in [0.2, 0.25) is 0 Å². The third-order valence-electron chi connectivity index (χ3n) is 4.01. The minimum atomic E-state index is -0.823. The van der Waals surface area contributed by atoms with Crippen LogP contribution in [0, 0.1) is 0 Å². The summed E-state index contributed by atoms with van der Waals surface area (Å²) < 4.78 is 0. The molecule has 0 saturated carbocycles. The highest BCUT2D eigenvalue weighted by molar-refractivity contribution is 5.74. The molecule has 2 atom stereocenters. The quantitative estimate of drug-likeness (QED) is 0.914. The second-order valence-corrected chi connectivity index (χ2v) is 5.68. The van der Waals surface area contributed by atoms with Crippen LogP contribution in [0.15, 0.2) is 30.3 Å². The number of carboxylic acid groups (broad SMARTS) is 1. The molecule has 1 aliphatic rings. The van der Waals surface area contributed by atoms with E-state index in [-0.39, 0.29) is 24.4 Å². The zero-order valence-electron chi connectivity index (χ0n) is 12.5. The molecule has 0 aromatic heterocycles. The summed E-state index contributed by atoms with van der Waals surface area (Å²) in [5.74, 6) is -0.813. The molecular formula is C16H22N2O3. The van der Waals surface area contributed by atoms with Gasteiger partial charge in [-0.25, -0.2) is 0 Å². The van der Waals surface area contributed by atoms with Crippen LogP contribution in [-0.4, -0.2) is 52.0 Å². The summed E-state index contributed by atoms with van der Waals surface area (Å²) in [7, 11) is 0. The van der Waals surface area contributed by atoms with Crippen molar-refractivity contribution in [3.05, 3.63) is 35.9 Å². The number of hydrogen-bond donors (Lipinski definition) is 1. The highest BCUT2D eigenvalue weighted by Crippen LogP contribution is 2.21. The maximum atomic E-state index is 11.6. The van der Waals surface area contributed by atoms with Crippen molar-refractivity contribution < 1.29 is 14.7 Å². The molecular weight excluding hydrogens is 268 g/mol. The average Bonchev–Trinajstić information content (AvgIpc) is 2.42. The van der Waals surface area contributed by atoms with E-state index < -0.39 is 5.97 Å². The zero-order chi connectivity index (χ0) is 15.4. The highest BCUT2D eigenvalue weighted by atomic mass is 16.4. The third-order valence-corrected chi connectivity index (χ3v) is 4.01. The molecule has 1 aliphatic heterocycles. The molecule has 1 aromatic rings. The van der Waals surface area contributed by atoms with Crippen molar-refractivity contribution in [1.82, 2.24) is 9.80 Å². The SMILES string of the molecule is CC(=O)N1C[C@@H](CC(=O)O)N(Cc2ccccc2)[C@H](C)C1. The molecule has 1 aromatic carbocycles. The second kappa shape index (κ2) is 6.72. The van der Waals surface area contributed by atoms with Gasteiger partial charge < -0.3 is 10.0 Å². The Morgan fingerprint density at radius 3 is 2.48 bits per heavy atom. The van der Waals surface area contributed by atoms with Gasteiger partial charge in [-0.3, -0.25) is 14.5 Å². The van der Waals surface area contributed by atoms with Crippen molar-refractivity contribution in [2.45, 2.75) is 38.9 Å². The van der Waals surface area contributed by atoms with E-state index in [0.717, 1.165) is 5.56 Å². The smallest absolute Gasteiger partial charge is 0.305 e. The first-order valence-corrected chi connectivity index (χ1v) is 7.24. The fourth-order valence-corrected chi connectivity index (χ4v) is 2.94. The standard InChI is InChI=1S/C16H22N2O3/c1-12-9-17(13(2)19)11-15(8-16(20)21)18(12)10-14-6-4-3-5-7-14/h3-7,12,15H,8-11H2,1-2H3,(H,20,21)/t12-,15-/m1/s1. The van der Waals surface area contributed by atoms with Gasteiger partial charge in [-0.2, -0.15) is 0 Å². The molecule has 1 amide bonds. The topological polar surface area (TPSA) is 60.9 Å². The lowest BCUT2D eigenvalue weighted by Crippen LogP contribution is -2.58. The van der Waals surface area contributed by atoms with Gasteiger partial charge >= 0.3 is 5.97 Å². The van der Waals surface area contributed by atoms with Crippen LogP contribution in [0.3, 0.4) is 0 Å². The van der Waals surface area contributed by atoms with Gasteiger partial charge in [0.25, 0.3) is 0 Å². The summed E-state index contributed by atoms with van der Waals surface area (Å²) in [4.78, 5) is 26.7. The van der Waals surface area contributed by atoms with E-state index >= 15 is 0 Å². The molecule has 1 fully saturated rings. The van der Waals surface area contributed by atoms with Crippen molar-refractivity contribution in [2.24, 2.45) is 0 Å². The molecule has 5 heteroatoms. The van der Waals surface area contributed by atoms with Gasteiger partial charge in [0, 0.05) is 38.6 Å². The Hall–Kier alpha value is -1.88. The Morgan fingerprint density at radius 1 is 1.24 bits per heavy atom. The van der Waals surface area contributed by atoms with Crippen LogP contribution in [0.1, 0.15) is 25.8 Å². The number of carboxylic acids is 1. The molecule has 1 saturated heterocycles. The monoisotopic (exact) mass is 290 g/mol. The summed E-state index contributed by atoms with van der Waals surface area (Å²) >= 11 is 0. The number of benzene rings is 1. The van der Waals surface area contributed by atoms with Crippen LogP contribution in [0.25, 0.3) is 0 Å². The maximum Gasteiger partial charge on any atom is 0.305 e. The van der Waals surface area contributed by atoms with E-state index in [2.05, 4.69) is 4.90 Å². The van der Waals surface area contributed by atoms with E-state index in [0.29, 0.717) is 19.6 Å². The second-order valence-electron chi connectivity index (χ2n) is 5.68. The number of hydrogen-bond acceptors (Lipinski definition) is 3. The Balaban J connectivity index is 2.15. The van der Waals surface area contributed by atoms with E-state index in [1.165, 1.54) is 6.92 Å². The van der Waals surface area contributed by atoms with Crippen molar-refractivity contribution in [3.63, 3.8) is 0 Å². The number of amides is 1. The molecule has 0 spiro atoms. The van der Waals surface area contributed by atoms with E-state index in [4.69, 9.17) is 5.11 Å². The summed E-state index contributed by atoms with van der Waals surface area (Å²) in [5.41, 5.74) is 1.16. The number of carbonyl (C=O) groups is 2. The average molecular weight is 290 g/mol.